The van der Waals surface area contributed by atoms with E-state index in [0.717, 1.165) is 41.3 Å². The van der Waals surface area contributed by atoms with Gasteiger partial charge in [0.1, 0.15) is 11.7 Å². The minimum atomic E-state index is -0.284. The lowest BCUT2D eigenvalue weighted by Crippen LogP contribution is -2.36. The second kappa shape index (κ2) is 7.62. The Hall–Kier alpha value is -2.80. The van der Waals surface area contributed by atoms with E-state index in [-0.39, 0.29) is 29.8 Å². The van der Waals surface area contributed by atoms with Crippen molar-refractivity contribution in [3.63, 3.8) is 0 Å². The van der Waals surface area contributed by atoms with E-state index in [9.17, 15) is 9.18 Å². The predicted molar refractivity (Wildman–Crippen MR) is 122 cm³/mol. The van der Waals surface area contributed by atoms with Gasteiger partial charge in [-0.3, -0.25) is 14.8 Å². The fourth-order valence-corrected chi connectivity index (χ4v) is 6.27. The number of amidine groups is 1. The van der Waals surface area contributed by atoms with Crippen molar-refractivity contribution in [1.29, 1.82) is 0 Å². The van der Waals surface area contributed by atoms with Crippen LogP contribution in [0.4, 0.5) is 4.39 Å². The number of halogens is 1. The minimum Gasteiger partial charge on any atom is -0.371 e. The first-order valence-electron chi connectivity index (χ1n) is 11.9. The molecule has 0 saturated carbocycles. The largest absolute Gasteiger partial charge is 0.371 e. The summed E-state index contributed by atoms with van der Waals surface area (Å²) in [6.07, 6.45) is 4.85. The first-order valence-corrected chi connectivity index (χ1v) is 11.9. The maximum atomic E-state index is 13.1. The lowest BCUT2D eigenvalue weighted by molar-refractivity contribution is -0.121. The molecule has 6 rings (SSSR count). The standard InChI is InChI=1S/C26H29FN4O2/c1-15(16-3-5-18(27)6-4-16)30-24(32)10-19-9-17-11-29-25(20(17)12-28-19)31-13-21-22(14-31)26(2)8-7-23(21)33-26/h3-6,9,12,15,21-23H,7-8,10-11,13-14H2,1-2H3,(H,30,32)/t15-,21?,22?,23?,26?/m1/s1. The van der Waals surface area contributed by atoms with Crippen LogP contribution in [-0.2, 0) is 22.5 Å². The molecule has 4 aliphatic rings. The monoisotopic (exact) mass is 448 g/mol. The molecule has 3 saturated heterocycles. The molecule has 1 aromatic carbocycles. The predicted octanol–water partition coefficient (Wildman–Crippen LogP) is 3.40. The number of carbonyl (C=O) groups is 1. The van der Waals surface area contributed by atoms with E-state index < -0.39 is 0 Å². The number of hydrogen-bond donors (Lipinski definition) is 1. The Labute approximate surface area is 193 Å². The summed E-state index contributed by atoms with van der Waals surface area (Å²) in [5.41, 5.74) is 3.88. The topological polar surface area (TPSA) is 66.8 Å². The average Bonchev–Trinajstić information content (AvgIpc) is 3.53. The highest BCUT2D eigenvalue weighted by molar-refractivity contribution is 6.02. The minimum absolute atomic E-state index is 0.0343. The molecule has 0 radical (unpaired) electrons. The fraction of sp³-hybridized carbons (Fsp3) is 0.500. The third-order valence-electron chi connectivity index (χ3n) is 8.05. The van der Waals surface area contributed by atoms with Gasteiger partial charge in [-0.25, -0.2) is 4.39 Å². The Morgan fingerprint density at radius 2 is 2.15 bits per heavy atom. The van der Waals surface area contributed by atoms with Crippen molar-refractivity contribution in [2.45, 2.75) is 57.4 Å². The number of pyridine rings is 1. The van der Waals surface area contributed by atoms with Gasteiger partial charge in [-0.2, -0.15) is 0 Å². The van der Waals surface area contributed by atoms with Crippen molar-refractivity contribution < 1.29 is 13.9 Å². The summed E-state index contributed by atoms with van der Waals surface area (Å²) in [7, 11) is 0. The van der Waals surface area contributed by atoms with Gasteiger partial charge in [0.05, 0.1) is 36.4 Å². The molecule has 1 N–H and O–H groups in total. The summed E-state index contributed by atoms with van der Waals surface area (Å²) in [6.45, 7) is 6.82. The number of amides is 1. The van der Waals surface area contributed by atoms with Crippen LogP contribution in [0.5, 0.6) is 0 Å². The van der Waals surface area contributed by atoms with Crippen molar-refractivity contribution >= 4 is 11.7 Å². The zero-order valence-corrected chi connectivity index (χ0v) is 19.1. The van der Waals surface area contributed by atoms with Crippen LogP contribution in [-0.4, -0.2) is 46.4 Å². The number of fused-ring (bicyclic) bond motifs is 6. The molecule has 5 atom stereocenters. The summed E-state index contributed by atoms with van der Waals surface area (Å²) in [6, 6.07) is 8.01. The van der Waals surface area contributed by atoms with Crippen LogP contribution in [0.3, 0.4) is 0 Å². The molecule has 2 aromatic rings. The number of aliphatic imine (C=N–C) groups is 1. The number of benzene rings is 1. The molecule has 7 heteroatoms. The lowest BCUT2D eigenvalue weighted by Gasteiger charge is -2.28. The van der Waals surface area contributed by atoms with Crippen LogP contribution < -0.4 is 5.32 Å². The summed E-state index contributed by atoms with van der Waals surface area (Å²) in [4.78, 5) is 24.4. The maximum absolute atomic E-state index is 13.1. The van der Waals surface area contributed by atoms with Crippen LogP contribution in [0.25, 0.3) is 0 Å². The SMILES string of the molecule is C[C@@H](NC(=O)Cc1cc2c(cn1)C(N1CC3C4CCC(C)(O4)C3C1)=NC2)c1ccc(F)cc1. The van der Waals surface area contributed by atoms with E-state index in [1.165, 1.54) is 25.0 Å². The number of nitrogens with zero attached hydrogens (tertiary/aromatic N) is 3. The smallest absolute Gasteiger partial charge is 0.226 e. The van der Waals surface area contributed by atoms with Crippen LogP contribution in [0.15, 0.2) is 41.5 Å². The van der Waals surface area contributed by atoms with Gasteiger partial charge in [-0.05, 0) is 56.0 Å². The number of hydrogen-bond acceptors (Lipinski definition) is 5. The molecule has 6 nitrogen and oxygen atoms in total. The highest BCUT2D eigenvalue weighted by Crippen LogP contribution is 2.54. The maximum Gasteiger partial charge on any atom is 0.226 e. The molecular formula is C26H29FN4O2. The molecular weight excluding hydrogens is 419 g/mol. The highest BCUT2D eigenvalue weighted by atomic mass is 19.1. The van der Waals surface area contributed by atoms with Crippen molar-refractivity contribution in [2.24, 2.45) is 16.8 Å². The van der Waals surface area contributed by atoms with Crippen LogP contribution in [0.1, 0.15) is 55.1 Å². The Morgan fingerprint density at radius 1 is 1.33 bits per heavy atom. The molecule has 3 fully saturated rings. The highest BCUT2D eigenvalue weighted by Gasteiger charge is 2.60. The van der Waals surface area contributed by atoms with Crippen LogP contribution >= 0.6 is 0 Å². The van der Waals surface area contributed by atoms with Gasteiger partial charge in [0, 0.05) is 36.7 Å². The molecule has 1 aromatic heterocycles. The third-order valence-corrected chi connectivity index (χ3v) is 8.05. The first-order chi connectivity index (χ1) is 15.9. The van der Waals surface area contributed by atoms with E-state index in [1.54, 1.807) is 12.1 Å². The molecule has 172 valence electrons. The molecule has 1 amide bonds. The summed E-state index contributed by atoms with van der Waals surface area (Å²) < 4.78 is 19.4. The van der Waals surface area contributed by atoms with Crippen molar-refractivity contribution in [3.8, 4) is 0 Å². The van der Waals surface area contributed by atoms with E-state index >= 15 is 0 Å². The number of rotatable bonds is 4. The van der Waals surface area contributed by atoms with Gasteiger partial charge in [0.15, 0.2) is 0 Å². The third kappa shape index (κ3) is 3.53. The van der Waals surface area contributed by atoms with E-state index in [1.807, 2.05) is 19.2 Å². The van der Waals surface area contributed by atoms with Gasteiger partial charge in [0.2, 0.25) is 5.91 Å². The van der Waals surface area contributed by atoms with Gasteiger partial charge in [0.25, 0.3) is 0 Å². The Balaban J connectivity index is 1.10. The zero-order chi connectivity index (χ0) is 22.7. The molecule has 4 unspecified atom stereocenters. The summed E-state index contributed by atoms with van der Waals surface area (Å²) in [5, 5.41) is 2.98. The normalized spacial score (nSPS) is 30.2. The van der Waals surface area contributed by atoms with E-state index in [4.69, 9.17) is 9.73 Å². The summed E-state index contributed by atoms with van der Waals surface area (Å²) >= 11 is 0. The number of ether oxygens (including phenoxy) is 1. The quantitative estimate of drug-likeness (QED) is 0.779. The van der Waals surface area contributed by atoms with Gasteiger partial charge in [-0.1, -0.05) is 12.1 Å². The van der Waals surface area contributed by atoms with Crippen molar-refractivity contribution in [2.75, 3.05) is 13.1 Å². The number of likely N-dealkylation sites (tertiary alicyclic amines) is 1. The number of nitrogens with one attached hydrogen (secondary N) is 1. The molecule has 0 spiro atoms. The molecule has 2 bridgehead atoms. The number of carbonyl (C=O) groups excluding carboxylic acids is 1. The van der Waals surface area contributed by atoms with Crippen LogP contribution in [0.2, 0.25) is 0 Å². The lowest BCUT2D eigenvalue weighted by atomic mass is 9.75. The van der Waals surface area contributed by atoms with E-state index in [2.05, 4.69) is 22.1 Å². The Kier molecular flexibility index (Phi) is 4.80. The van der Waals surface area contributed by atoms with Gasteiger partial charge < -0.3 is 15.0 Å². The Morgan fingerprint density at radius 3 is 2.94 bits per heavy atom. The molecule has 0 aliphatic carbocycles. The van der Waals surface area contributed by atoms with Crippen LogP contribution in [0, 0.1) is 17.7 Å². The Bertz CT molecular complexity index is 1130. The summed E-state index contributed by atoms with van der Waals surface area (Å²) in [5.74, 6) is 1.86. The van der Waals surface area contributed by atoms with E-state index in [0.29, 0.717) is 24.5 Å². The average molecular weight is 449 g/mol. The molecule has 5 heterocycles. The second-order valence-corrected chi connectivity index (χ2v) is 10.2. The first kappa shape index (κ1) is 20.8. The second-order valence-electron chi connectivity index (χ2n) is 10.2. The van der Waals surface area contributed by atoms with Gasteiger partial charge in [-0.15, -0.1) is 0 Å². The zero-order valence-electron chi connectivity index (χ0n) is 19.1. The van der Waals surface area contributed by atoms with Crippen molar-refractivity contribution in [3.05, 3.63) is 64.7 Å². The van der Waals surface area contributed by atoms with Crippen molar-refractivity contribution in [1.82, 2.24) is 15.2 Å². The molecule has 4 aliphatic heterocycles. The fourth-order valence-electron chi connectivity index (χ4n) is 6.27. The number of aromatic nitrogens is 1. The van der Waals surface area contributed by atoms with Gasteiger partial charge >= 0.3 is 0 Å². The molecule has 33 heavy (non-hydrogen) atoms.